The van der Waals surface area contributed by atoms with Crippen LogP contribution in [0.4, 0.5) is 4.39 Å². The molecule has 6 rings (SSSR count). The van der Waals surface area contributed by atoms with Crippen LogP contribution in [0.2, 0.25) is 0 Å². The summed E-state index contributed by atoms with van der Waals surface area (Å²) in [6, 6.07) is 6.43. The van der Waals surface area contributed by atoms with E-state index in [-0.39, 0.29) is 17.1 Å². The highest BCUT2D eigenvalue weighted by Gasteiger charge is 2.54. The fourth-order valence-electron chi connectivity index (χ4n) is 6.18. The molecular weight excluding hydrogens is 385 g/mol. The smallest absolute Gasteiger partial charge is 0.246 e. The number of aromatic nitrogens is 1. The number of benzene rings is 1. The van der Waals surface area contributed by atoms with Crippen molar-refractivity contribution in [1.82, 2.24) is 9.99 Å². The molecular formula is C23H26FN3OS. The number of halogens is 1. The van der Waals surface area contributed by atoms with Gasteiger partial charge < -0.3 is 4.57 Å². The zero-order chi connectivity index (χ0) is 20.0. The molecule has 0 spiro atoms. The van der Waals surface area contributed by atoms with Crippen molar-refractivity contribution in [3.8, 4) is 11.3 Å². The van der Waals surface area contributed by atoms with Crippen LogP contribution in [0.5, 0.6) is 0 Å². The third-order valence-electron chi connectivity index (χ3n) is 7.02. The van der Waals surface area contributed by atoms with Crippen LogP contribution in [-0.4, -0.2) is 10.5 Å². The summed E-state index contributed by atoms with van der Waals surface area (Å²) in [6.07, 6.45) is 8.83. The Morgan fingerprint density at radius 2 is 1.83 bits per heavy atom. The summed E-state index contributed by atoms with van der Waals surface area (Å²) in [5, 5.41) is 6.50. The van der Waals surface area contributed by atoms with Gasteiger partial charge in [0.25, 0.3) is 0 Å². The highest BCUT2D eigenvalue weighted by atomic mass is 32.1. The standard InChI is InChI=1S/C23H26FN3OS/c1-2-7-27-20(18-3-5-19(24)6-4-18)14-29-22(27)26-25-21(28)23-11-15-8-16(12-23)10-17(9-15)13-23/h2-6,14-17H,1,7-13H2,(H,25,28)/b26-22+. The Morgan fingerprint density at radius 1 is 1.21 bits per heavy atom. The van der Waals surface area contributed by atoms with Gasteiger partial charge in [-0.3, -0.25) is 4.79 Å². The van der Waals surface area contributed by atoms with Gasteiger partial charge in [-0.2, -0.15) is 0 Å². The first-order valence-electron chi connectivity index (χ1n) is 10.5. The van der Waals surface area contributed by atoms with E-state index in [1.165, 1.54) is 42.7 Å². The van der Waals surface area contributed by atoms with Gasteiger partial charge in [0.15, 0.2) is 0 Å². The summed E-state index contributed by atoms with van der Waals surface area (Å²) < 4.78 is 15.3. The van der Waals surface area contributed by atoms with E-state index < -0.39 is 0 Å². The molecule has 1 aromatic carbocycles. The van der Waals surface area contributed by atoms with Crippen molar-refractivity contribution in [3.63, 3.8) is 0 Å². The summed E-state index contributed by atoms with van der Waals surface area (Å²) in [5.41, 5.74) is 4.56. The Bertz CT molecular complexity index is 969. The van der Waals surface area contributed by atoms with Crippen molar-refractivity contribution < 1.29 is 9.18 Å². The highest BCUT2D eigenvalue weighted by Crippen LogP contribution is 2.60. The molecule has 0 saturated heterocycles. The summed E-state index contributed by atoms with van der Waals surface area (Å²) >= 11 is 1.47. The fraction of sp³-hybridized carbons (Fsp3) is 0.478. The van der Waals surface area contributed by atoms with Crippen LogP contribution < -0.4 is 10.2 Å². The molecule has 29 heavy (non-hydrogen) atoms. The molecule has 4 aliphatic rings. The van der Waals surface area contributed by atoms with E-state index >= 15 is 0 Å². The SMILES string of the molecule is C=CCn1c(-c2ccc(F)cc2)cs/c1=N/NC(=O)C12CC3CC(CC(C3)C1)C2. The van der Waals surface area contributed by atoms with Gasteiger partial charge in [0.1, 0.15) is 5.82 Å². The van der Waals surface area contributed by atoms with E-state index in [0.29, 0.717) is 6.54 Å². The number of nitrogens with zero attached hydrogens (tertiary/aromatic N) is 2. The van der Waals surface area contributed by atoms with Crippen LogP contribution in [-0.2, 0) is 11.3 Å². The third kappa shape index (κ3) is 3.37. The van der Waals surface area contributed by atoms with Crippen LogP contribution in [0.3, 0.4) is 0 Å². The molecule has 4 bridgehead atoms. The minimum Gasteiger partial charge on any atom is -0.311 e. The van der Waals surface area contributed by atoms with Crippen molar-refractivity contribution in [2.24, 2.45) is 28.3 Å². The van der Waals surface area contributed by atoms with E-state index in [4.69, 9.17) is 0 Å². The van der Waals surface area contributed by atoms with Crippen LogP contribution in [0.1, 0.15) is 38.5 Å². The molecule has 0 aliphatic heterocycles. The van der Waals surface area contributed by atoms with E-state index in [9.17, 15) is 9.18 Å². The summed E-state index contributed by atoms with van der Waals surface area (Å²) in [7, 11) is 0. The van der Waals surface area contributed by atoms with Gasteiger partial charge in [0.05, 0.1) is 11.1 Å². The second-order valence-corrected chi connectivity index (χ2v) is 9.90. The van der Waals surface area contributed by atoms with Crippen molar-refractivity contribution in [2.75, 3.05) is 0 Å². The van der Waals surface area contributed by atoms with Gasteiger partial charge in [-0.1, -0.05) is 6.08 Å². The summed E-state index contributed by atoms with van der Waals surface area (Å²) in [5.74, 6) is 2.02. The largest absolute Gasteiger partial charge is 0.311 e. The molecule has 2 aromatic rings. The Morgan fingerprint density at radius 3 is 2.41 bits per heavy atom. The Balaban J connectivity index is 1.41. The summed E-state index contributed by atoms with van der Waals surface area (Å²) in [4.78, 5) is 13.9. The van der Waals surface area contributed by atoms with Gasteiger partial charge in [0.2, 0.25) is 10.7 Å². The van der Waals surface area contributed by atoms with E-state index in [0.717, 1.165) is 53.1 Å². The Hall–Kier alpha value is -2.21. The average Bonchev–Trinajstić information content (AvgIpc) is 3.08. The molecule has 4 saturated carbocycles. The summed E-state index contributed by atoms with van der Waals surface area (Å²) in [6.45, 7) is 4.41. The van der Waals surface area contributed by atoms with Crippen molar-refractivity contribution in [3.05, 3.63) is 52.9 Å². The maximum atomic E-state index is 13.3. The average molecular weight is 412 g/mol. The first-order chi connectivity index (χ1) is 14.1. The molecule has 0 atom stereocenters. The van der Waals surface area contributed by atoms with Gasteiger partial charge in [-0.05, 0) is 86.1 Å². The molecule has 6 heteroatoms. The number of nitrogens with one attached hydrogen (secondary N) is 1. The second-order valence-electron chi connectivity index (χ2n) is 9.06. The highest BCUT2D eigenvalue weighted by molar-refractivity contribution is 7.07. The maximum absolute atomic E-state index is 13.3. The third-order valence-corrected chi connectivity index (χ3v) is 7.89. The van der Waals surface area contributed by atoms with Crippen LogP contribution >= 0.6 is 11.3 Å². The molecule has 152 valence electrons. The number of thiazole rings is 1. The number of allylic oxidation sites excluding steroid dienone is 1. The molecule has 1 amide bonds. The monoisotopic (exact) mass is 411 g/mol. The quantitative estimate of drug-likeness (QED) is 0.563. The van der Waals surface area contributed by atoms with Gasteiger partial charge in [0, 0.05) is 11.9 Å². The first kappa shape index (κ1) is 18.8. The van der Waals surface area contributed by atoms with Crippen LogP contribution in [0, 0.1) is 29.0 Å². The zero-order valence-electron chi connectivity index (χ0n) is 16.4. The number of carbonyl (C=O) groups is 1. The normalized spacial score (nSPS) is 30.5. The Kier molecular flexibility index (Phi) is 4.69. The number of hydrogen-bond donors (Lipinski definition) is 1. The minimum absolute atomic E-state index is 0.0958. The van der Waals surface area contributed by atoms with Crippen LogP contribution in [0.15, 0.2) is 47.4 Å². The molecule has 0 radical (unpaired) electrons. The predicted octanol–water partition coefficient (Wildman–Crippen LogP) is 4.69. The number of rotatable bonds is 5. The lowest BCUT2D eigenvalue weighted by Crippen LogP contribution is -2.53. The minimum atomic E-state index is -0.257. The molecule has 4 nitrogen and oxygen atoms in total. The molecule has 4 aliphatic carbocycles. The zero-order valence-corrected chi connectivity index (χ0v) is 17.3. The maximum Gasteiger partial charge on any atom is 0.246 e. The Labute approximate surface area is 174 Å². The van der Waals surface area contributed by atoms with Gasteiger partial charge in [-0.25, -0.2) is 9.82 Å². The molecule has 1 aromatic heterocycles. The predicted molar refractivity (Wildman–Crippen MR) is 112 cm³/mol. The molecule has 1 N–H and O–H groups in total. The molecule has 1 heterocycles. The lowest BCUT2D eigenvalue weighted by molar-refractivity contribution is -0.146. The number of amides is 1. The number of carbonyl (C=O) groups excluding carboxylic acids is 1. The van der Waals surface area contributed by atoms with E-state index in [2.05, 4.69) is 17.1 Å². The van der Waals surface area contributed by atoms with E-state index in [1.807, 2.05) is 9.95 Å². The van der Waals surface area contributed by atoms with Crippen LogP contribution in [0.25, 0.3) is 11.3 Å². The lowest BCUT2D eigenvalue weighted by atomic mass is 9.49. The lowest BCUT2D eigenvalue weighted by Gasteiger charge is -2.55. The molecule has 4 fully saturated rings. The van der Waals surface area contributed by atoms with Crippen molar-refractivity contribution >= 4 is 17.2 Å². The van der Waals surface area contributed by atoms with E-state index in [1.54, 1.807) is 18.2 Å². The van der Waals surface area contributed by atoms with Gasteiger partial charge >= 0.3 is 0 Å². The first-order valence-corrected chi connectivity index (χ1v) is 11.3. The van der Waals surface area contributed by atoms with Gasteiger partial charge in [-0.15, -0.1) is 23.0 Å². The fourth-order valence-corrected chi connectivity index (χ4v) is 7.06. The molecule has 0 unspecified atom stereocenters. The van der Waals surface area contributed by atoms with Crippen molar-refractivity contribution in [2.45, 2.75) is 45.1 Å². The number of hydrogen-bond acceptors (Lipinski definition) is 3. The topological polar surface area (TPSA) is 46.4 Å². The second kappa shape index (κ2) is 7.24. The van der Waals surface area contributed by atoms with Crippen molar-refractivity contribution in [1.29, 1.82) is 0 Å².